The molecule has 0 fully saturated rings. The Kier molecular flexibility index (Phi) is 4.07. The number of methoxy groups -OCH3 is 1. The molecule has 3 nitrogen and oxygen atoms in total. The van der Waals surface area contributed by atoms with Crippen molar-refractivity contribution in [2.24, 2.45) is 0 Å². The number of ether oxygens (including phenoxy) is 1. The van der Waals surface area contributed by atoms with E-state index in [4.69, 9.17) is 9.84 Å². The van der Waals surface area contributed by atoms with E-state index in [1.54, 1.807) is 0 Å². The van der Waals surface area contributed by atoms with Crippen LogP contribution in [0, 0.1) is 5.82 Å². The first kappa shape index (κ1) is 15.8. The third-order valence-corrected chi connectivity index (χ3v) is 3.04. The van der Waals surface area contributed by atoms with Crippen molar-refractivity contribution in [3.63, 3.8) is 0 Å². The maximum absolute atomic E-state index is 14.2. The van der Waals surface area contributed by atoms with Gasteiger partial charge in [0.2, 0.25) is 0 Å². The van der Waals surface area contributed by atoms with Gasteiger partial charge in [-0.3, -0.25) is 0 Å². The second-order valence-electron chi connectivity index (χ2n) is 4.36. The molecule has 0 amide bonds. The molecule has 116 valence electrons. The van der Waals surface area contributed by atoms with Crippen LogP contribution in [0.15, 0.2) is 36.4 Å². The molecule has 0 heterocycles. The van der Waals surface area contributed by atoms with Gasteiger partial charge in [-0.25, -0.2) is 9.18 Å². The lowest BCUT2D eigenvalue weighted by Gasteiger charge is -2.15. The summed E-state index contributed by atoms with van der Waals surface area (Å²) in [6.45, 7) is 0. The standard InChI is InChI=1S/C15H10F4O3/c1-22-13-9(5-2-6-10(13)14(20)21)8-4-3-7-11(12(8)16)15(17,18)19/h2-7H,1H3,(H,20,21). The van der Waals surface area contributed by atoms with Gasteiger partial charge in [0, 0.05) is 11.1 Å². The van der Waals surface area contributed by atoms with Gasteiger partial charge < -0.3 is 9.84 Å². The number of rotatable bonds is 3. The lowest BCUT2D eigenvalue weighted by Crippen LogP contribution is -2.09. The van der Waals surface area contributed by atoms with Crippen molar-refractivity contribution in [2.45, 2.75) is 6.18 Å². The Bertz CT molecular complexity index is 723. The zero-order valence-corrected chi connectivity index (χ0v) is 11.2. The summed E-state index contributed by atoms with van der Waals surface area (Å²) >= 11 is 0. The summed E-state index contributed by atoms with van der Waals surface area (Å²) in [5.74, 6) is -3.00. The van der Waals surface area contributed by atoms with Gasteiger partial charge in [-0.1, -0.05) is 24.3 Å². The van der Waals surface area contributed by atoms with Crippen LogP contribution in [0.2, 0.25) is 0 Å². The number of halogens is 4. The van der Waals surface area contributed by atoms with Crippen molar-refractivity contribution in [1.29, 1.82) is 0 Å². The number of hydrogen-bond acceptors (Lipinski definition) is 2. The van der Waals surface area contributed by atoms with Gasteiger partial charge in [0.05, 0.1) is 12.7 Å². The Morgan fingerprint density at radius 1 is 1.09 bits per heavy atom. The first-order valence-electron chi connectivity index (χ1n) is 6.03. The van der Waals surface area contributed by atoms with E-state index in [1.165, 1.54) is 18.2 Å². The lowest BCUT2D eigenvalue weighted by atomic mass is 9.98. The molecule has 0 atom stereocenters. The Morgan fingerprint density at radius 3 is 2.23 bits per heavy atom. The van der Waals surface area contributed by atoms with E-state index in [1.807, 2.05) is 0 Å². The zero-order valence-electron chi connectivity index (χ0n) is 11.2. The summed E-state index contributed by atoms with van der Waals surface area (Å²) < 4.78 is 57.4. The highest BCUT2D eigenvalue weighted by atomic mass is 19.4. The van der Waals surface area contributed by atoms with Crippen molar-refractivity contribution < 1.29 is 32.2 Å². The van der Waals surface area contributed by atoms with Crippen molar-refractivity contribution >= 4 is 5.97 Å². The maximum atomic E-state index is 14.2. The first-order chi connectivity index (χ1) is 10.3. The predicted molar refractivity (Wildman–Crippen MR) is 70.3 cm³/mol. The summed E-state index contributed by atoms with van der Waals surface area (Å²) in [7, 11) is 1.16. The van der Waals surface area contributed by atoms with Crippen molar-refractivity contribution in [3.05, 3.63) is 53.3 Å². The highest BCUT2D eigenvalue weighted by molar-refractivity contribution is 5.94. The highest BCUT2D eigenvalue weighted by Gasteiger charge is 2.35. The van der Waals surface area contributed by atoms with Crippen LogP contribution in [0.5, 0.6) is 5.75 Å². The Balaban J connectivity index is 2.73. The number of carboxylic acids is 1. The number of para-hydroxylation sites is 1. The first-order valence-corrected chi connectivity index (χ1v) is 6.03. The molecule has 0 aliphatic rings. The van der Waals surface area contributed by atoms with E-state index >= 15 is 0 Å². The molecule has 0 aliphatic carbocycles. The van der Waals surface area contributed by atoms with Gasteiger partial charge in [-0.15, -0.1) is 0 Å². The molecular formula is C15H10F4O3. The number of carboxylic acid groups (broad SMARTS) is 1. The van der Waals surface area contributed by atoms with Crippen LogP contribution < -0.4 is 4.74 Å². The molecule has 0 saturated heterocycles. The molecule has 7 heteroatoms. The van der Waals surface area contributed by atoms with Gasteiger partial charge in [-0.05, 0) is 12.1 Å². The average molecular weight is 314 g/mol. The molecule has 0 saturated carbocycles. The zero-order chi connectivity index (χ0) is 16.5. The lowest BCUT2D eigenvalue weighted by molar-refractivity contribution is -0.139. The van der Waals surface area contributed by atoms with Crippen LogP contribution in [-0.2, 0) is 6.18 Å². The third-order valence-electron chi connectivity index (χ3n) is 3.04. The van der Waals surface area contributed by atoms with Crippen LogP contribution in [0.1, 0.15) is 15.9 Å². The summed E-state index contributed by atoms with van der Waals surface area (Å²) in [4.78, 5) is 11.1. The quantitative estimate of drug-likeness (QED) is 0.863. The van der Waals surface area contributed by atoms with E-state index < -0.39 is 23.5 Å². The molecule has 0 radical (unpaired) electrons. The molecule has 2 aromatic carbocycles. The predicted octanol–water partition coefficient (Wildman–Crippen LogP) is 4.22. The van der Waals surface area contributed by atoms with E-state index in [2.05, 4.69) is 0 Å². The van der Waals surface area contributed by atoms with Crippen LogP contribution in [-0.4, -0.2) is 18.2 Å². The molecule has 0 aliphatic heterocycles. The molecular weight excluding hydrogens is 304 g/mol. The van der Waals surface area contributed by atoms with Gasteiger partial charge in [-0.2, -0.15) is 13.2 Å². The molecule has 0 aromatic heterocycles. The molecule has 0 unspecified atom stereocenters. The van der Waals surface area contributed by atoms with Crippen molar-refractivity contribution in [1.82, 2.24) is 0 Å². The Labute approximate surface area is 122 Å². The summed E-state index contributed by atoms with van der Waals surface area (Å²) in [6.07, 6.45) is -4.85. The molecule has 2 rings (SSSR count). The molecule has 0 spiro atoms. The highest BCUT2D eigenvalue weighted by Crippen LogP contribution is 2.39. The number of benzene rings is 2. The van der Waals surface area contributed by atoms with Crippen molar-refractivity contribution in [2.75, 3.05) is 7.11 Å². The second kappa shape index (κ2) is 5.67. The van der Waals surface area contributed by atoms with E-state index in [9.17, 15) is 22.4 Å². The second-order valence-corrected chi connectivity index (χ2v) is 4.36. The van der Waals surface area contributed by atoms with Crippen LogP contribution in [0.3, 0.4) is 0 Å². The minimum Gasteiger partial charge on any atom is -0.495 e. The molecule has 2 aromatic rings. The normalized spacial score (nSPS) is 11.3. The molecule has 22 heavy (non-hydrogen) atoms. The summed E-state index contributed by atoms with van der Waals surface area (Å²) in [5.41, 5.74) is -2.13. The van der Waals surface area contributed by atoms with Crippen molar-refractivity contribution in [3.8, 4) is 16.9 Å². The van der Waals surface area contributed by atoms with Gasteiger partial charge in [0.1, 0.15) is 17.1 Å². The third kappa shape index (κ3) is 2.74. The minimum absolute atomic E-state index is 0.0639. The van der Waals surface area contributed by atoms with Crippen LogP contribution in [0.25, 0.3) is 11.1 Å². The topological polar surface area (TPSA) is 46.5 Å². The van der Waals surface area contributed by atoms with Gasteiger partial charge in [0.25, 0.3) is 0 Å². The fourth-order valence-electron chi connectivity index (χ4n) is 2.10. The number of alkyl halides is 3. The van der Waals surface area contributed by atoms with E-state index in [0.29, 0.717) is 6.07 Å². The van der Waals surface area contributed by atoms with E-state index in [-0.39, 0.29) is 22.4 Å². The fraction of sp³-hybridized carbons (Fsp3) is 0.133. The largest absolute Gasteiger partial charge is 0.495 e. The fourth-order valence-corrected chi connectivity index (χ4v) is 2.10. The smallest absolute Gasteiger partial charge is 0.419 e. The average Bonchev–Trinajstić information content (AvgIpc) is 2.45. The summed E-state index contributed by atoms with van der Waals surface area (Å²) in [5, 5.41) is 9.07. The van der Waals surface area contributed by atoms with E-state index in [0.717, 1.165) is 19.2 Å². The Hall–Kier alpha value is -2.57. The molecule has 0 bridgehead atoms. The van der Waals surface area contributed by atoms with Crippen LogP contribution >= 0.6 is 0 Å². The van der Waals surface area contributed by atoms with Gasteiger partial charge in [0.15, 0.2) is 0 Å². The maximum Gasteiger partial charge on any atom is 0.419 e. The number of hydrogen-bond donors (Lipinski definition) is 1. The van der Waals surface area contributed by atoms with Crippen LogP contribution in [0.4, 0.5) is 17.6 Å². The SMILES string of the molecule is COc1c(C(=O)O)cccc1-c1cccc(C(F)(F)F)c1F. The number of carbonyl (C=O) groups is 1. The summed E-state index contributed by atoms with van der Waals surface area (Å²) in [6, 6.07) is 6.62. The molecule has 1 N–H and O–H groups in total. The Morgan fingerprint density at radius 2 is 1.68 bits per heavy atom. The monoisotopic (exact) mass is 314 g/mol. The number of aromatic carboxylic acids is 1. The van der Waals surface area contributed by atoms with Gasteiger partial charge >= 0.3 is 12.1 Å². The minimum atomic E-state index is -4.85.